The fraction of sp³-hybridized carbons (Fsp3) is 0. The molecule has 0 fully saturated rings. The molecule has 0 spiro atoms. The Bertz CT molecular complexity index is 974. The summed E-state index contributed by atoms with van der Waals surface area (Å²) in [5, 5.41) is 3.04. The second kappa shape index (κ2) is 7.58. The van der Waals surface area contributed by atoms with Gasteiger partial charge in [0.2, 0.25) is 5.82 Å². The Morgan fingerprint density at radius 3 is 2.24 bits per heavy atom. The van der Waals surface area contributed by atoms with E-state index in [4.69, 9.17) is 0 Å². The van der Waals surface area contributed by atoms with Crippen molar-refractivity contribution < 1.29 is 12.8 Å². The number of hydrogen-bond donors (Lipinski definition) is 2. The highest BCUT2D eigenvalue weighted by Gasteiger charge is 2.20. The van der Waals surface area contributed by atoms with Crippen molar-refractivity contribution in [3.05, 3.63) is 89.0 Å². The smallest absolute Gasteiger partial charge is 0.223 e. The maximum absolute atomic E-state index is 12.7. The molecule has 1 heterocycles. The molecule has 1 aromatic heterocycles. The summed E-state index contributed by atoms with van der Waals surface area (Å²) >= 11 is 3.30. The zero-order valence-electron chi connectivity index (χ0n) is 13.1. The fourth-order valence-corrected chi connectivity index (χ4v) is 3.45. The van der Waals surface area contributed by atoms with Crippen molar-refractivity contribution in [1.29, 1.82) is 0 Å². The predicted octanol–water partition coefficient (Wildman–Crippen LogP) is 2.17. The maximum Gasteiger partial charge on any atom is 0.328 e. The zero-order chi connectivity index (χ0) is 17.7. The monoisotopic (exact) mass is 416 g/mol. The summed E-state index contributed by atoms with van der Waals surface area (Å²) in [6.45, 7) is 0. The van der Waals surface area contributed by atoms with Crippen LogP contribution in [0.2, 0.25) is 0 Å². The van der Waals surface area contributed by atoms with Crippen LogP contribution in [0.4, 0.5) is 5.82 Å². The van der Waals surface area contributed by atoms with Gasteiger partial charge in [-0.25, -0.2) is 10.3 Å². The van der Waals surface area contributed by atoms with Crippen LogP contribution in [0.1, 0.15) is 5.56 Å². The lowest BCUT2D eigenvalue weighted by atomic mass is 10.2. The molecule has 2 N–H and O–H groups in total. The number of amidine groups is 1. The standard InChI is InChI=1S/C18H14BrN3O2S/c19-15-9-11-16(12-10-15)25(23,24)22-18(14-6-2-1-3-7-14)21-17-8-4-5-13-20-17/h1-13H,(H,20,21,22)/p+1. The van der Waals surface area contributed by atoms with Crippen LogP contribution in [0.25, 0.3) is 0 Å². The molecule has 0 aliphatic rings. The molecule has 3 aromatic rings. The topological polar surface area (TPSA) is 73.0 Å². The molecule has 25 heavy (non-hydrogen) atoms. The average Bonchev–Trinajstić information content (AvgIpc) is 2.63. The number of pyridine rings is 1. The minimum absolute atomic E-state index is 0.173. The Morgan fingerprint density at radius 1 is 0.920 bits per heavy atom. The van der Waals surface area contributed by atoms with Crippen molar-refractivity contribution in [2.75, 3.05) is 5.32 Å². The number of nitrogens with zero attached hydrogens (tertiary/aromatic N) is 1. The van der Waals surface area contributed by atoms with E-state index in [0.717, 1.165) is 4.47 Å². The van der Waals surface area contributed by atoms with E-state index in [0.29, 0.717) is 17.2 Å². The number of nitrogens with one attached hydrogen (secondary N) is 2. The predicted molar refractivity (Wildman–Crippen MR) is 101 cm³/mol. The van der Waals surface area contributed by atoms with E-state index in [-0.39, 0.29) is 4.90 Å². The number of hydrogen-bond acceptors (Lipinski definition) is 3. The quantitative estimate of drug-likeness (QED) is 0.504. The Hall–Kier alpha value is -2.51. The van der Waals surface area contributed by atoms with Gasteiger partial charge >= 0.3 is 10.0 Å². The van der Waals surface area contributed by atoms with E-state index in [1.165, 1.54) is 12.1 Å². The van der Waals surface area contributed by atoms with Crippen LogP contribution in [-0.2, 0) is 10.0 Å². The van der Waals surface area contributed by atoms with E-state index in [2.05, 4.69) is 30.6 Å². The van der Waals surface area contributed by atoms with Gasteiger partial charge in [-0.2, -0.15) is 12.8 Å². The molecule has 3 rings (SSSR count). The summed E-state index contributed by atoms with van der Waals surface area (Å²) in [6.07, 6.45) is 1.63. The Balaban J connectivity index is 2.04. The highest BCUT2D eigenvalue weighted by atomic mass is 79.9. The number of sulfonamides is 1. The molecule has 0 radical (unpaired) electrons. The SMILES string of the molecule is O=S(=O)([NH+]=C(Nc1ccccn1)c1ccccc1)c1ccc(Br)cc1. The van der Waals surface area contributed by atoms with E-state index in [9.17, 15) is 8.42 Å². The van der Waals surface area contributed by atoms with Crippen LogP contribution >= 0.6 is 15.9 Å². The van der Waals surface area contributed by atoms with E-state index >= 15 is 0 Å². The van der Waals surface area contributed by atoms with Gasteiger partial charge in [0, 0.05) is 16.7 Å². The van der Waals surface area contributed by atoms with Crippen molar-refractivity contribution in [1.82, 2.24) is 4.98 Å². The third-order valence-corrected chi connectivity index (χ3v) is 5.24. The summed E-state index contributed by atoms with van der Waals surface area (Å²) in [4.78, 5) is 4.36. The maximum atomic E-state index is 12.7. The molecule has 0 amide bonds. The van der Waals surface area contributed by atoms with Gasteiger partial charge in [-0.1, -0.05) is 40.2 Å². The van der Waals surface area contributed by atoms with Crippen LogP contribution in [0.5, 0.6) is 0 Å². The van der Waals surface area contributed by atoms with Crippen LogP contribution in [0.3, 0.4) is 0 Å². The number of anilines is 1. The molecule has 126 valence electrons. The molecular formula is C18H15BrN3O2S+. The lowest BCUT2D eigenvalue weighted by Gasteiger charge is -2.04. The molecule has 0 bridgehead atoms. The number of halogens is 1. The van der Waals surface area contributed by atoms with Crippen molar-refractivity contribution in [3.8, 4) is 0 Å². The first-order valence-corrected chi connectivity index (χ1v) is 9.71. The Labute approximate surface area is 154 Å². The van der Waals surface area contributed by atoms with Gasteiger partial charge in [-0.05, 0) is 42.5 Å². The van der Waals surface area contributed by atoms with Crippen molar-refractivity contribution in [2.24, 2.45) is 0 Å². The molecule has 0 aliphatic heterocycles. The third-order valence-electron chi connectivity index (χ3n) is 3.34. The van der Waals surface area contributed by atoms with Crippen molar-refractivity contribution >= 4 is 37.6 Å². The Morgan fingerprint density at radius 2 is 1.60 bits per heavy atom. The van der Waals surface area contributed by atoms with E-state index in [1.807, 2.05) is 36.4 Å². The summed E-state index contributed by atoms with van der Waals surface area (Å²) in [5.41, 5.74) is 0.703. The highest BCUT2D eigenvalue weighted by molar-refractivity contribution is 9.10. The van der Waals surface area contributed by atoms with Gasteiger partial charge < -0.3 is 0 Å². The van der Waals surface area contributed by atoms with Gasteiger partial charge in [-0.15, -0.1) is 0 Å². The van der Waals surface area contributed by atoms with Gasteiger partial charge in [0.1, 0.15) is 4.90 Å². The minimum Gasteiger partial charge on any atom is -0.223 e. The van der Waals surface area contributed by atoms with Crippen LogP contribution in [-0.4, -0.2) is 19.2 Å². The molecule has 0 aliphatic carbocycles. The van der Waals surface area contributed by atoms with Crippen LogP contribution in [0, 0.1) is 0 Å². The third kappa shape index (κ3) is 4.52. The molecule has 2 aromatic carbocycles. The molecule has 0 atom stereocenters. The first-order chi connectivity index (χ1) is 12.0. The first kappa shape index (κ1) is 17.3. The highest BCUT2D eigenvalue weighted by Crippen LogP contribution is 2.12. The summed E-state index contributed by atoms with van der Waals surface area (Å²) in [5.74, 6) is 0.877. The molecule has 5 nitrogen and oxygen atoms in total. The molecule has 7 heteroatoms. The largest absolute Gasteiger partial charge is 0.328 e. The van der Waals surface area contributed by atoms with E-state index < -0.39 is 10.0 Å². The number of benzene rings is 2. The van der Waals surface area contributed by atoms with Crippen LogP contribution in [0.15, 0.2) is 88.4 Å². The molecule has 0 saturated heterocycles. The zero-order valence-corrected chi connectivity index (χ0v) is 15.5. The number of aromatic nitrogens is 1. The fourth-order valence-electron chi connectivity index (χ4n) is 2.13. The minimum atomic E-state index is -3.74. The van der Waals surface area contributed by atoms with Crippen LogP contribution < -0.4 is 9.71 Å². The lowest BCUT2D eigenvalue weighted by Crippen LogP contribution is -2.78. The summed E-state index contributed by atoms with van der Waals surface area (Å²) < 4.78 is 28.8. The normalized spacial score (nSPS) is 12.0. The van der Waals surface area contributed by atoms with Gasteiger partial charge in [0.25, 0.3) is 5.84 Å². The molecular weight excluding hydrogens is 402 g/mol. The second-order valence-corrected chi connectivity index (χ2v) is 7.74. The molecule has 0 saturated carbocycles. The average molecular weight is 417 g/mol. The van der Waals surface area contributed by atoms with Crippen molar-refractivity contribution in [2.45, 2.75) is 4.90 Å². The van der Waals surface area contributed by atoms with Gasteiger partial charge in [0.05, 0.1) is 5.56 Å². The Kier molecular flexibility index (Phi) is 5.25. The van der Waals surface area contributed by atoms with Crippen molar-refractivity contribution in [3.63, 3.8) is 0 Å². The summed E-state index contributed by atoms with van der Waals surface area (Å²) in [6, 6.07) is 21.0. The van der Waals surface area contributed by atoms with Gasteiger partial charge in [-0.3, -0.25) is 0 Å². The van der Waals surface area contributed by atoms with Gasteiger partial charge in [0.15, 0.2) is 0 Å². The molecule has 0 unspecified atom stereocenters. The lowest BCUT2D eigenvalue weighted by molar-refractivity contribution is -0.266. The summed E-state index contributed by atoms with van der Waals surface area (Å²) in [7, 11) is -3.74. The number of rotatable bonds is 4. The first-order valence-electron chi connectivity index (χ1n) is 7.43. The second-order valence-electron chi connectivity index (χ2n) is 5.14. The van der Waals surface area contributed by atoms with E-state index in [1.54, 1.807) is 30.5 Å².